The molecule has 3 rings (SSSR count). The highest BCUT2D eigenvalue weighted by Crippen LogP contribution is 2.26. The van der Waals surface area contributed by atoms with Crippen LogP contribution in [0.25, 0.3) is 0 Å². The van der Waals surface area contributed by atoms with E-state index >= 15 is 0 Å². The lowest BCUT2D eigenvalue weighted by molar-refractivity contribution is -0.104. The zero-order valence-electron chi connectivity index (χ0n) is 10.4. The van der Waals surface area contributed by atoms with Crippen LogP contribution in [0.3, 0.4) is 0 Å². The molecule has 0 spiro atoms. The first kappa shape index (κ1) is 10.8. The van der Waals surface area contributed by atoms with Crippen molar-refractivity contribution < 1.29 is 4.79 Å². The predicted octanol–water partition coefficient (Wildman–Crippen LogP) is 1.81. The molecule has 0 aromatic carbocycles. The van der Waals surface area contributed by atoms with Crippen LogP contribution in [0, 0.1) is 0 Å². The van der Waals surface area contributed by atoms with Crippen molar-refractivity contribution in [3.05, 3.63) is 34.8 Å². The van der Waals surface area contributed by atoms with Gasteiger partial charge in [0.1, 0.15) is 11.7 Å². The van der Waals surface area contributed by atoms with E-state index in [4.69, 9.17) is 0 Å². The average Bonchev–Trinajstić information content (AvgIpc) is 2.27. The van der Waals surface area contributed by atoms with E-state index in [0.29, 0.717) is 17.1 Å². The Morgan fingerprint density at radius 2 is 1.61 bits per heavy atom. The summed E-state index contributed by atoms with van der Waals surface area (Å²) < 4.78 is 0. The third kappa shape index (κ3) is 1.40. The number of nitrogens with zero attached hydrogens (tertiary/aromatic N) is 4. The van der Waals surface area contributed by atoms with Crippen LogP contribution >= 0.6 is 0 Å². The first-order valence-electron chi connectivity index (χ1n) is 5.69. The lowest BCUT2D eigenvalue weighted by atomic mass is 10.1. The first-order chi connectivity index (χ1) is 8.60. The number of hydrogen-bond acceptors (Lipinski definition) is 5. The maximum Gasteiger partial charge on any atom is 0.155 e. The van der Waals surface area contributed by atoms with E-state index in [9.17, 15) is 4.79 Å². The van der Waals surface area contributed by atoms with Crippen LogP contribution in [0.1, 0.15) is 20.8 Å². The Balaban J connectivity index is 2.30. The number of allylic oxidation sites excluding steroid dienone is 3. The van der Waals surface area contributed by atoms with Gasteiger partial charge in [-0.2, -0.15) is 0 Å². The van der Waals surface area contributed by atoms with Crippen LogP contribution in [0.15, 0.2) is 49.8 Å². The van der Waals surface area contributed by atoms with Crippen LogP contribution < -0.4 is 0 Å². The first-order valence-corrected chi connectivity index (χ1v) is 5.69. The van der Waals surface area contributed by atoms with E-state index in [-0.39, 0.29) is 0 Å². The van der Waals surface area contributed by atoms with Gasteiger partial charge in [0.15, 0.2) is 12.1 Å². The summed E-state index contributed by atoms with van der Waals surface area (Å²) in [5.41, 5.74) is 2.94. The topological polar surface area (TPSA) is 57.4 Å². The molecular weight excluding hydrogens is 228 g/mol. The zero-order valence-corrected chi connectivity index (χ0v) is 10.4. The van der Waals surface area contributed by atoms with Crippen molar-refractivity contribution in [1.82, 2.24) is 4.90 Å². The van der Waals surface area contributed by atoms with E-state index in [1.54, 1.807) is 0 Å². The molecule has 0 saturated heterocycles. The summed E-state index contributed by atoms with van der Waals surface area (Å²) >= 11 is 0. The second-order valence-electron chi connectivity index (χ2n) is 4.40. The molecule has 0 bridgehead atoms. The lowest BCUT2D eigenvalue weighted by Gasteiger charge is -2.34. The molecule has 0 saturated carbocycles. The molecule has 5 heteroatoms. The van der Waals surface area contributed by atoms with Gasteiger partial charge in [0.05, 0.1) is 11.3 Å². The number of amidine groups is 3. The third-order valence-electron chi connectivity index (χ3n) is 2.95. The molecule has 0 aliphatic carbocycles. The van der Waals surface area contributed by atoms with Crippen molar-refractivity contribution in [2.24, 2.45) is 15.0 Å². The molecule has 0 amide bonds. The number of carbonyl (C=O) groups is 1. The van der Waals surface area contributed by atoms with E-state index in [1.807, 2.05) is 37.8 Å². The molecule has 0 atom stereocenters. The Morgan fingerprint density at radius 1 is 1.00 bits per heavy atom. The molecule has 5 nitrogen and oxygen atoms in total. The van der Waals surface area contributed by atoms with Crippen LogP contribution in [0.5, 0.6) is 0 Å². The van der Waals surface area contributed by atoms with Crippen molar-refractivity contribution in [1.29, 1.82) is 0 Å². The highest BCUT2D eigenvalue weighted by atomic mass is 16.1. The molecule has 18 heavy (non-hydrogen) atoms. The fourth-order valence-electron chi connectivity index (χ4n) is 2.18. The molecule has 0 aromatic rings. The predicted molar refractivity (Wildman–Crippen MR) is 70.4 cm³/mol. The molecule has 0 fully saturated rings. The minimum Gasteiger partial charge on any atom is -0.298 e. The fraction of sp³-hybridized carbons (Fsp3) is 0.231. The van der Waals surface area contributed by atoms with E-state index in [2.05, 4.69) is 15.0 Å². The van der Waals surface area contributed by atoms with Gasteiger partial charge in [-0.3, -0.25) is 9.69 Å². The summed E-state index contributed by atoms with van der Waals surface area (Å²) in [6, 6.07) is 0. The second-order valence-corrected chi connectivity index (χ2v) is 4.40. The Hall–Kier alpha value is -2.30. The zero-order chi connectivity index (χ0) is 12.9. The maximum absolute atomic E-state index is 11.2. The number of rotatable bonds is 1. The van der Waals surface area contributed by atoms with Crippen molar-refractivity contribution in [3.63, 3.8) is 0 Å². The fourth-order valence-corrected chi connectivity index (χ4v) is 2.18. The van der Waals surface area contributed by atoms with Gasteiger partial charge in [0.2, 0.25) is 0 Å². The summed E-state index contributed by atoms with van der Waals surface area (Å²) in [5, 5.41) is 0. The molecule has 3 aliphatic heterocycles. The van der Waals surface area contributed by atoms with Gasteiger partial charge in [-0.05, 0) is 20.8 Å². The number of carbonyl (C=O) groups excluding carboxylic acids is 1. The van der Waals surface area contributed by atoms with Gasteiger partial charge in [-0.1, -0.05) is 0 Å². The molecule has 90 valence electrons. The van der Waals surface area contributed by atoms with Crippen LogP contribution in [-0.4, -0.2) is 28.7 Å². The number of aldehydes is 1. The molecular formula is C13H12N4O. The standard InChI is InChI=1S/C13H12N4O/c1-7-4-12-16-9(3)10(6-18)13-15-8(2)5-11(14-7)17(12)13/h4-6H,1-3H3. The van der Waals surface area contributed by atoms with Gasteiger partial charge in [-0.15, -0.1) is 0 Å². The van der Waals surface area contributed by atoms with Gasteiger partial charge >= 0.3 is 0 Å². The highest BCUT2D eigenvalue weighted by Gasteiger charge is 2.33. The van der Waals surface area contributed by atoms with Gasteiger partial charge < -0.3 is 0 Å². The van der Waals surface area contributed by atoms with E-state index < -0.39 is 0 Å². The molecule has 0 radical (unpaired) electrons. The number of hydrogen-bond donors (Lipinski definition) is 0. The molecule has 3 heterocycles. The van der Waals surface area contributed by atoms with E-state index in [1.165, 1.54) is 0 Å². The Morgan fingerprint density at radius 3 is 2.28 bits per heavy atom. The van der Waals surface area contributed by atoms with Crippen LogP contribution in [-0.2, 0) is 4.79 Å². The lowest BCUT2D eigenvalue weighted by Crippen LogP contribution is -2.47. The third-order valence-corrected chi connectivity index (χ3v) is 2.95. The van der Waals surface area contributed by atoms with Gasteiger partial charge in [0, 0.05) is 23.5 Å². The minimum absolute atomic E-state index is 0.520. The van der Waals surface area contributed by atoms with Gasteiger partial charge in [0.25, 0.3) is 0 Å². The monoisotopic (exact) mass is 240 g/mol. The van der Waals surface area contributed by atoms with Crippen molar-refractivity contribution in [2.45, 2.75) is 20.8 Å². The summed E-state index contributed by atoms with van der Waals surface area (Å²) in [6.45, 7) is 5.64. The largest absolute Gasteiger partial charge is 0.298 e. The van der Waals surface area contributed by atoms with Crippen molar-refractivity contribution >= 4 is 23.8 Å². The van der Waals surface area contributed by atoms with Crippen LogP contribution in [0.4, 0.5) is 0 Å². The summed E-state index contributed by atoms with van der Waals surface area (Å²) in [5.74, 6) is 2.15. The molecule has 0 unspecified atom stereocenters. The Bertz CT molecular complexity index is 644. The summed E-state index contributed by atoms with van der Waals surface area (Å²) in [6.07, 6.45) is 4.58. The molecule has 3 aliphatic rings. The summed E-state index contributed by atoms with van der Waals surface area (Å²) in [4.78, 5) is 26.4. The summed E-state index contributed by atoms with van der Waals surface area (Å²) in [7, 11) is 0. The van der Waals surface area contributed by atoms with Gasteiger partial charge in [-0.25, -0.2) is 15.0 Å². The van der Waals surface area contributed by atoms with Crippen molar-refractivity contribution in [2.75, 3.05) is 0 Å². The van der Waals surface area contributed by atoms with Crippen molar-refractivity contribution in [3.8, 4) is 0 Å². The molecule has 0 aromatic heterocycles. The second kappa shape index (κ2) is 3.60. The van der Waals surface area contributed by atoms with Crippen LogP contribution in [0.2, 0.25) is 0 Å². The SMILES string of the molecule is CC1=CC2=NC(C)=C(C=O)C3=NC(C)=CC(=N1)N23. The quantitative estimate of drug-likeness (QED) is 0.656. The van der Waals surface area contributed by atoms with E-state index in [0.717, 1.165) is 29.4 Å². The Kier molecular flexibility index (Phi) is 2.16. The Labute approximate surface area is 105 Å². The highest BCUT2D eigenvalue weighted by molar-refractivity contribution is 6.33. The number of aliphatic imine (C=N–C) groups is 3. The normalized spacial score (nSPS) is 21.5. The maximum atomic E-state index is 11.2. The molecule has 0 N–H and O–H groups in total. The smallest absolute Gasteiger partial charge is 0.155 e. The average molecular weight is 240 g/mol. The minimum atomic E-state index is 0.520.